The van der Waals surface area contributed by atoms with Crippen molar-refractivity contribution in [3.8, 4) is 11.8 Å². The van der Waals surface area contributed by atoms with Crippen LogP contribution in [0, 0.1) is 5.92 Å². The number of ether oxygens (including phenoxy) is 2. The molecule has 0 aromatic carbocycles. The molecule has 5 heteroatoms. The van der Waals surface area contributed by atoms with Gasteiger partial charge in [0.15, 0.2) is 0 Å². The van der Waals surface area contributed by atoms with Crippen LogP contribution in [0.15, 0.2) is 18.5 Å². The number of allylic oxidation sites excluding steroid dienone is 2. The average Bonchev–Trinajstić information content (AvgIpc) is 2.48. The highest BCUT2D eigenvalue weighted by Gasteiger charge is 2.14. The van der Waals surface area contributed by atoms with Crippen LogP contribution < -0.4 is 14.8 Å². The van der Waals surface area contributed by atoms with Crippen molar-refractivity contribution in [2.75, 3.05) is 20.8 Å². The zero-order chi connectivity index (χ0) is 13.5. The summed E-state index contributed by atoms with van der Waals surface area (Å²) in [5.41, 5.74) is 0.874. The molecule has 1 unspecified atom stereocenters. The van der Waals surface area contributed by atoms with Gasteiger partial charge in [0.05, 0.1) is 19.8 Å². The number of hydrogen-bond donors (Lipinski definition) is 1. The van der Waals surface area contributed by atoms with Crippen molar-refractivity contribution >= 4 is 0 Å². The van der Waals surface area contributed by atoms with Gasteiger partial charge in [0.1, 0.15) is 6.33 Å². The lowest BCUT2D eigenvalue weighted by atomic mass is 9.94. The maximum absolute atomic E-state index is 5.25. The van der Waals surface area contributed by atoms with Crippen molar-refractivity contribution in [3.05, 3.63) is 24.0 Å². The Balaban J connectivity index is 1.92. The fourth-order valence-corrected chi connectivity index (χ4v) is 2.33. The molecule has 104 valence electrons. The third kappa shape index (κ3) is 3.67. The van der Waals surface area contributed by atoms with E-state index in [2.05, 4.69) is 27.4 Å². The molecule has 1 N–H and O–H groups in total. The molecule has 0 amide bonds. The molecule has 1 aliphatic carbocycles. The molecular weight excluding hydrogens is 242 g/mol. The number of nitrogens with zero attached hydrogens (tertiary/aromatic N) is 2. The summed E-state index contributed by atoms with van der Waals surface area (Å²) >= 11 is 0. The van der Waals surface area contributed by atoms with Gasteiger partial charge in [-0.1, -0.05) is 12.2 Å². The zero-order valence-electron chi connectivity index (χ0n) is 11.6. The van der Waals surface area contributed by atoms with Crippen LogP contribution in [0.1, 0.15) is 24.8 Å². The Morgan fingerprint density at radius 1 is 1.21 bits per heavy atom. The average molecular weight is 263 g/mol. The van der Waals surface area contributed by atoms with Crippen LogP contribution in [0.25, 0.3) is 0 Å². The monoisotopic (exact) mass is 263 g/mol. The summed E-state index contributed by atoms with van der Waals surface area (Å²) in [6.45, 7) is 1.65. The van der Waals surface area contributed by atoms with Gasteiger partial charge in [-0.05, 0) is 31.7 Å². The molecule has 0 saturated heterocycles. The van der Waals surface area contributed by atoms with E-state index in [4.69, 9.17) is 9.47 Å². The minimum Gasteiger partial charge on any atom is -0.481 e. The highest BCUT2D eigenvalue weighted by atomic mass is 16.5. The molecule has 0 saturated carbocycles. The van der Waals surface area contributed by atoms with Crippen molar-refractivity contribution < 1.29 is 9.47 Å². The molecule has 2 rings (SSSR count). The summed E-state index contributed by atoms with van der Waals surface area (Å²) < 4.78 is 10.5. The molecule has 1 aliphatic rings. The first-order valence-corrected chi connectivity index (χ1v) is 6.62. The predicted octanol–water partition coefficient (Wildman–Crippen LogP) is 1.94. The number of methoxy groups -OCH3 is 2. The highest BCUT2D eigenvalue weighted by Crippen LogP contribution is 2.23. The van der Waals surface area contributed by atoms with E-state index in [0.717, 1.165) is 18.5 Å². The molecule has 5 nitrogen and oxygen atoms in total. The minimum absolute atomic E-state index is 0.572. The second kappa shape index (κ2) is 7.09. The lowest BCUT2D eigenvalue weighted by Gasteiger charge is -2.18. The topological polar surface area (TPSA) is 56.3 Å². The van der Waals surface area contributed by atoms with Crippen LogP contribution >= 0.6 is 0 Å². The van der Waals surface area contributed by atoms with Gasteiger partial charge in [0, 0.05) is 6.54 Å². The van der Waals surface area contributed by atoms with E-state index in [1.807, 2.05) is 0 Å². The first-order valence-electron chi connectivity index (χ1n) is 6.62. The van der Waals surface area contributed by atoms with Gasteiger partial charge in [-0.25, -0.2) is 9.97 Å². The van der Waals surface area contributed by atoms with E-state index >= 15 is 0 Å². The quantitative estimate of drug-likeness (QED) is 0.795. The highest BCUT2D eigenvalue weighted by molar-refractivity contribution is 5.34. The van der Waals surface area contributed by atoms with E-state index in [1.165, 1.54) is 19.2 Å². The van der Waals surface area contributed by atoms with Gasteiger partial charge in [0.2, 0.25) is 11.8 Å². The molecule has 1 atom stereocenters. The standard InChI is InChI=1S/C14H21N3O2/c1-18-13-12(14(19-2)17-10-16-13)9-15-8-11-6-4-3-5-7-11/h3-4,10-11,15H,5-9H2,1-2H3. The van der Waals surface area contributed by atoms with E-state index in [1.54, 1.807) is 14.2 Å². The fourth-order valence-electron chi connectivity index (χ4n) is 2.33. The van der Waals surface area contributed by atoms with Crippen LogP contribution in [0.3, 0.4) is 0 Å². The molecule has 0 radical (unpaired) electrons. The largest absolute Gasteiger partial charge is 0.481 e. The van der Waals surface area contributed by atoms with Gasteiger partial charge in [-0.15, -0.1) is 0 Å². The zero-order valence-corrected chi connectivity index (χ0v) is 11.6. The van der Waals surface area contributed by atoms with Gasteiger partial charge >= 0.3 is 0 Å². The third-order valence-electron chi connectivity index (χ3n) is 3.37. The molecule has 1 aromatic rings. The molecule has 1 heterocycles. The SMILES string of the molecule is COc1ncnc(OC)c1CNCC1CC=CCC1. The first-order chi connectivity index (χ1) is 9.35. The molecule has 0 aliphatic heterocycles. The van der Waals surface area contributed by atoms with Crippen LogP contribution in [-0.4, -0.2) is 30.7 Å². The Morgan fingerprint density at radius 3 is 2.53 bits per heavy atom. The Kier molecular flexibility index (Phi) is 5.15. The summed E-state index contributed by atoms with van der Waals surface area (Å²) in [5, 5.41) is 3.45. The lowest BCUT2D eigenvalue weighted by Crippen LogP contribution is -2.24. The van der Waals surface area contributed by atoms with E-state index in [-0.39, 0.29) is 0 Å². The van der Waals surface area contributed by atoms with Crippen LogP contribution in [-0.2, 0) is 6.54 Å². The molecule has 0 fully saturated rings. The predicted molar refractivity (Wildman–Crippen MR) is 73.3 cm³/mol. The van der Waals surface area contributed by atoms with Crippen LogP contribution in [0.4, 0.5) is 0 Å². The van der Waals surface area contributed by atoms with Crippen molar-refractivity contribution in [1.82, 2.24) is 15.3 Å². The second-order valence-electron chi connectivity index (χ2n) is 4.65. The maximum Gasteiger partial charge on any atom is 0.224 e. The molecular formula is C14H21N3O2. The van der Waals surface area contributed by atoms with Crippen molar-refractivity contribution in [1.29, 1.82) is 0 Å². The van der Waals surface area contributed by atoms with Crippen molar-refractivity contribution in [3.63, 3.8) is 0 Å². The van der Waals surface area contributed by atoms with Crippen molar-refractivity contribution in [2.45, 2.75) is 25.8 Å². The number of nitrogens with one attached hydrogen (secondary N) is 1. The summed E-state index contributed by atoms with van der Waals surface area (Å²) in [6, 6.07) is 0. The number of rotatable bonds is 6. The van der Waals surface area contributed by atoms with Crippen molar-refractivity contribution in [2.24, 2.45) is 5.92 Å². The Labute approximate surface area is 114 Å². The normalized spacial score (nSPS) is 18.3. The van der Waals surface area contributed by atoms with E-state index < -0.39 is 0 Å². The van der Waals surface area contributed by atoms with Crippen LogP contribution in [0.5, 0.6) is 11.8 Å². The Hall–Kier alpha value is -1.62. The molecule has 0 spiro atoms. The smallest absolute Gasteiger partial charge is 0.224 e. The Morgan fingerprint density at radius 2 is 1.95 bits per heavy atom. The van der Waals surface area contributed by atoms with E-state index in [9.17, 15) is 0 Å². The molecule has 19 heavy (non-hydrogen) atoms. The van der Waals surface area contributed by atoms with Gasteiger partial charge < -0.3 is 14.8 Å². The van der Waals surface area contributed by atoms with Gasteiger partial charge in [-0.2, -0.15) is 0 Å². The maximum atomic E-state index is 5.25. The van der Waals surface area contributed by atoms with Gasteiger partial charge in [-0.3, -0.25) is 0 Å². The Bertz CT molecular complexity index is 412. The molecule has 1 aromatic heterocycles. The summed E-state index contributed by atoms with van der Waals surface area (Å²) in [7, 11) is 3.22. The number of aromatic nitrogens is 2. The van der Waals surface area contributed by atoms with Crippen LogP contribution in [0.2, 0.25) is 0 Å². The second-order valence-corrected chi connectivity index (χ2v) is 4.65. The summed E-state index contributed by atoms with van der Waals surface area (Å²) in [4.78, 5) is 8.21. The van der Waals surface area contributed by atoms with Gasteiger partial charge in [0.25, 0.3) is 0 Å². The van der Waals surface area contributed by atoms with E-state index in [0.29, 0.717) is 24.2 Å². The summed E-state index contributed by atoms with van der Waals surface area (Å²) in [5.74, 6) is 1.86. The summed E-state index contributed by atoms with van der Waals surface area (Å²) in [6.07, 6.45) is 9.58. The number of hydrogen-bond acceptors (Lipinski definition) is 5. The third-order valence-corrected chi connectivity index (χ3v) is 3.37. The lowest BCUT2D eigenvalue weighted by molar-refractivity contribution is 0.356. The fraction of sp³-hybridized carbons (Fsp3) is 0.571. The first kappa shape index (κ1) is 13.8. The minimum atomic E-state index is 0.572. The molecule has 0 bridgehead atoms.